The van der Waals surface area contributed by atoms with Gasteiger partial charge in [0, 0.05) is 11.6 Å². The van der Waals surface area contributed by atoms with Crippen LogP contribution in [0, 0.1) is 23.2 Å². The van der Waals surface area contributed by atoms with Gasteiger partial charge < -0.3 is 19.6 Å². The Kier molecular flexibility index (Phi) is 6.21. The zero-order valence-electron chi connectivity index (χ0n) is 18.4. The van der Waals surface area contributed by atoms with Crippen molar-refractivity contribution in [1.82, 2.24) is 5.32 Å². The summed E-state index contributed by atoms with van der Waals surface area (Å²) in [5.74, 6) is 3.87. The fourth-order valence-corrected chi connectivity index (χ4v) is 6.38. The number of hydrogen-bond donors (Lipinski definition) is 1. The number of amides is 1. The molecule has 164 valence electrons. The molecule has 1 N–H and O–H groups in total. The van der Waals surface area contributed by atoms with Crippen molar-refractivity contribution in [3.63, 3.8) is 0 Å². The highest BCUT2D eigenvalue weighted by Crippen LogP contribution is 2.61. The van der Waals surface area contributed by atoms with E-state index in [1.165, 1.54) is 38.5 Å². The quantitative estimate of drug-likeness (QED) is 0.486. The molecular weight excluding hydrogens is 380 g/mol. The Morgan fingerprint density at radius 1 is 1.20 bits per heavy atom. The molecule has 0 radical (unpaired) electrons. The second-order valence-corrected chi connectivity index (χ2v) is 9.42. The van der Waals surface area contributed by atoms with E-state index < -0.39 is 0 Å². The van der Waals surface area contributed by atoms with Gasteiger partial charge in [-0.3, -0.25) is 4.79 Å². The first kappa shape index (κ1) is 21.0. The SMILES string of the molecule is CCOc1ccc(/C=N\OCC(=O)N[C@H](C)C23CC4CC(CC(C4)C2)C3)cc1OC. The van der Waals surface area contributed by atoms with Crippen LogP contribution in [0.4, 0.5) is 0 Å². The number of methoxy groups -OCH3 is 1. The number of oxime groups is 1. The second kappa shape index (κ2) is 8.86. The number of rotatable bonds is 9. The van der Waals surface area contributed by atoms with Gasteiger partial charge in [0.05, 0.1) is 19.9 Å². The minimum atomic E-state index is -0.0975. The highest BCUT2D eigenvalue weighted by molar-refractivity contribution is 5.81. The molecule has 0 unspecified atom stereocenters. The fraction of sp³-hybridized carbons (Fsp3) is 0.667. The van der Waals surface area contributed by atoms with Gasteiger partial charge in [-0.15, -0.1) is 0 Å². The lowest BCUT2D eigenvalue weighted by molar-refractivity contribution is -0.130. The van der Waals surface area contributed by atoms with Gasteiger partial charge in [-0.25, -0.2) is 0 Å². The number of carbonyl (C=O) groups is 1. The maximum Gasteiger partial charge on any atom is 0.261 e. The fourth-order valence-electron chi connectivity index (χ4n) is 6.38. The predicted octanol–water partition coefficient (Wildman–Crippen LogP) is 4.17. The minimum Gasteiger partial charge on any atom is -0.493 e. The normalized spacial score (nSPS) is 30.3. The molecule has 1 aromatic rings. The van der Waals surface area contributed by atoms with Crippen LogP contribution < -0.4 is 14.8 Å². The van der Waals surface area contributed by atoms with Gasteiger partial charge in [-0.2, -0.15) is 0 Å². The summed E-state index contributed by atoms with van der Waals surface area (Å²) in [5.41, 5.74) is 1.12. The first-order valence-electron chi connectivity index (χ1n) is 11.3. The number of ether oxygens (including phenoxy) is 2. The minimum absolute atomic E-state index is 0.0681. The van der Waals surface area contributed by atoms with E-state index in [1.807, 2.05) is 25.1 Å². The third-order valence-electron chi connectivity index (χ3n) is 7.34. The number of carbonyl (C=O) groups excluding carboxylic acids is 1. The second-order valence-electron chi connectivity index (χ2n) is 9.42. The van der Waals surface area contributed by atoms with E-state index in [1.54, 1.807) is 13.3 Å². The molecule has 4 aliphatic rings. The smallest absolute Gasteiger partial charge is 0.261 e. The van der Waals surface area contributed by atoms with Crippen LogP contribution in [0.2, 0.25) is 0 Å². The maximum absolute atomic E-state index is 12.4. The summed E-state index contributed by atoms with van der Waals surface area (Å²) in [6.07, 6.45) is 9.64. The zero-order valence-corrected chi connectivity index (χ0v) is 18.4. The van der Waals surface area contributed by atoms with Crippen molar-refractivity contribution in [3.8, 4) is 11.5 Å². The molecule has 30 heavy (non-hydrogen) atoms. The van der Waals surface area contributed by atoms with E-state index >= 15 is 0 Å². The molecule has 6 heteroatoms. The summed E-state index contributed by atoms with van der Waals surface area (Å²) in [5, 5.41) is 7.15. The van der Waals surface area contributed by atoms with Gasteiger partial charge in [-0.1, -0.05) is 5.16 Å². The van der Waals surface area contributed by atoms with Crippen molar-refractivity contribution in [3.05, 3.63) is 23.8 Å². The predicted molar refractivity (Wildman–Crippen MR) is 116 cm³/mol. The van der Waals surface area contributed by atoms with Crippen LogP contribution in [-0.4, -0.2) is 38.5 Å². The van der Waals surface area contributed by atoms with Gasteiger partial charge in [0.1, 0.15) is 0 Å². The van der Waals surface area contributed by atoms with Crippen LogP contribution in [0.1, 0.15) is 57.9 Å². The molecule has 0 aromatic heterocycles. The van der Waals surface area contributed by atoms with E-state index in [2.05, 4.69) is 17.4 Å². The van der Waals surface area contributed by atoms with Gasteiger partial charge in [0.2, 0.25) is 0 Å². The topological polar surface area (TPSA) is 69.2 Å². The zero-order chi connectivity index (χ0) is 21.1. The van der Waals surface area contributed by atoms with Crippen LogP contribution in [0.3, 0.4) is 0 Å². The Morgan fingerprint density at radius 3 is 2.47 bits per heavy atom. The molecule has 0 heterocycles. The summed E-state index contributed by atoms with van der Waals surface area (Å²) >= 11 is 0. The molecular formula is C24H34N2O4. The summed E-state index contributed by atoms with van der Waals surface area (Å²) in [6.45, 7) is 4.61. The average molecular weight is 415 g/mol. The van der Waals surface area contributed by atoms with Crippen molar-refractivity contribution >= 4 is 12.1 Å². The number of benzene rings is 1. The van der Waals surface area contributed by atoms with Crippen molar-refractivity contribution in [2.24, 2.45) is 28.3 Å². The maximum atomic E-state index is 12.4. The van der Waals surface area contributed by atoms with Crippen LogP contribution in [-0.2, 0) is 9.63 Å². The van der Waals surface area contributed by atoms with Crippen molar-refractivity contribution < 1.29 is 19.1 Å². The molecule has 0 saturated heterocycles. The Labute approximate surface area is 179 Å². The Hall–Kier alpha value is -2.24. The molecule has 5 rings (SSSR count). The highest BCUT2D eigenvalue weighted by Gasteiger charge is 2.53. The number of nitrogens with one attached hydrogen (secondary N) is 1. The van der Waals surface area contributed by atoms with Crippen LogP contribution in [0.25, 0.3) is 0 Å². The number of hydrogen-bond acceptors (Lipinski definition) is 5. The van der Waals surface area contributed by atoms with E-state index in [0.29, 0.717) is 23.5 Å². The molecule has 1 amide bonds. The Bertz CT molecular complexity index is 756. The largest absolute Gasteiger partial charge is 0.493 e. The summed E-state index contributed by atoms with van der Waals surface area (Å²) in [7, 11) is 1.60. The molecule has 6 nitrogen and oxygen atoms in total. The Balaban J connectivity index is 1.26. The molecule has 0 aliphatic heterocycles. The lowest BCUT2D eigenvalue weighted by Gasteiger charge is -2.59. The molecule has 4 saturated carbocycles. The van der Waals surface area contributed by atoms with Crippen LogP contribution in [0.5, 0.6) is 11.5 Å². The van der Waals surface area contributed by atoms with E-state index in [0.717, 1.165) is 23.3 Å². The molecule has 1 aromatic carbocycles. The van der Waals surface area contributed by atoms with Crippen molar-refractivity contribution in [1.29, 1.82) is 0 Å². The molecule has 4 aliphatic carbocycles. The molecule has 4 bridgehead atoms. The standard InChI is InChI=1S/C24H34N2O4/c1-4-29-21-6-5-17(10-22(21)28-3)14-25-30-15-23(27)26-16(2)24-11-18-7-19(12-24)9-20(8-18)13-24/h5-6,10,14,16,18-20H,4,7-9,11-13,15H2,1-3H3,(H,26,27)/b25-14-/t16-,18?,19?,20?,24?/m1/s1. The van der Waals surface area contributed by atoms with Crippen molar-refractivity contribution in [2.75, 3.05) is 20.3 Å². The lowest BCUT2D eigenvalue weighted by Crippen LogP contribution is -2.56. The van der Waals surface area contributed by atoms with Crippen LogP contribution >= 0.6 is 0 Å². The highest BCUT2D eigenvalue weighted by atomic mass is 16.6. The van der Waals surface area contributed by atoms with Gasteiger partial charge in [0.15, 0.2) is 18.1 Å². The molecule has 1 atom stereocenters. The van der Waals surface area contributed by atoms with Crippen LogP contribution in [0.15, 0.2) is 23.4 Å². The van der Waals surface area contributed by atoms with Crippen molar-refractivity contribution in [2.45, 2.75) is 58.4 Å². The monoisotopic (exact) mass is 414 g/mol. The molecule has 4 fully saturated rings. The summed E-state index contributed by atoms with van der Waals surface area (Å²) in [4.78, 5) is 17.7. The van der Waals surface area contributed by atoms with E-state index in [-0.39, 0.29) is 18.6 Å². The molecule has 0 spiro atoms. The summed E-state index contributed by atoms with van der Waals surface area (Å²) in [6, 6.07) is 5.73. The lowest BCUT2D eigenvalue weighted by atomic mass is 9.48. The average Bonchev–Trinajstić information content (AvgIpc) is 2.71. The first-order valence-corrected chi connectivity index (χ1v) is 11.3. The number of nitrogens with zero attached hydrogens (tertiary/aromatic N) is 1. The van der Waals surface area contributed by atoms with E-state index in [9.17, 15) is 4.79 Å². The Morgan fingerprint density at radius 2 is 1.87 bits per heavy atom. The van der Waals surface area contributed by atoms with E-state index in [4.69, 9.17) is 14.3 Å². The van der Waals surface area contributed by atoms with Gasteiger partial charge in [-0.05, 0) is 93.7 Å². The van der Waals surface area contributed by atoms with Gasteiger partial charge >= 0.3 is 0 Å². The summed E-state index contributed by atoms with van der Waals surface area (Å²) < 4.78 is 10.8. The first-order chi connectivity index (χ1) is 14.5. The third-order valence-corrected chi connectivity index (χ3v) is 7.34. The third kappa shape index (κ3) is 4.42. The van der Waals surface area contributed by atoms with Gasteiger partial charge in [0.25, 0.3) is 5.91 Å².